The number of carbonyl (C=O) groups is 1. The second-order valence-electron chi connectivity index (χ2n) is 4.62. The van der Waals surface area contributed by atoms with Gasteiger partial charge in [0.25, 0.3) is 5.91 Å². The van der Waals surface area contributed by atoms with E-state index < -0.39 is 5.51 Å². The van der Waals surface area contributed by atoms with Gasteiger partial charge in [-0.1, -0.05) is 0 Å². The molecule has 3 nitrogen and oxygen atoms in total. The molecule has 2 rings (SSSR count). The fraction of sp³-hybridized carbons (Fsp3) is 0.462. The quantitative estimate of drug-likeness (QED) is 0.853. The summed E-state index contributed by atoms with van der Waals surface area (Å²) in [5, 5.41) is 3.18. The SMILES string of the molecule is CC1CNCCN1C(=O)c1ccc(SC(F)(F)F)cc1. The van der Waals surface area contributed by atoms with E-state index >= 15 is 0 Å². The van der Waals surface area contributed by atoms with Gasteiger partial charge in [0.1, 0.15) is 0 Å². The Labute approximate surface area is 119 Å². The smallest absolute Gasteiger partial charge is 0.333 e. The average Bonchev–Trinajstić information content (AvgIpc) is 2.37. The van der Waals surface area contributed by atoms with Crippen LogP contribution >= 0.6 is 11.8 Å². The van der Waals surface area contributed by atoms with Crippen molar-refractivity contribution in [1.82, 2.24) is 10.2 Å². The van der Waals surface area contributed by atoms with Crippen molar-refractivity contribution < 1.29 is 18.0 Å². The fourth-order valence-corrected chi connectivity index (χ4v) is 2.65. The van der Waals surface area contributed by atoms with Crippen molar-refractivity contribution in [2.45, 2.75) is 23.4 Å². The number of piperazine rings is 1. The van der Waals surface area contributed by atoms with Crippen LogP contribution in [0.15, 0.2) is 29.2 Å². The first-order valence-electron chi connectivity index (χ1n) is 6.24. The highest BCUT2D eigenvalue weighted by Crippen LogP contribution is 2.36. The molecule has 1 heterocycles. The van der Waals surface area contributed by atoms with Crippen molar-refractivity contribution >= 4 is 17.7 Å². The molecule has 1 saturated heterocycles. The summed E-state index contributed by atoms with van der Waals surface area (Å²) < 4.78 is 36.7. The van der Waals surface area contributed by atoms with Gasteiger partial charge in [0.2, 0.25) is 0 Å². The lowest BCUT2D eigenvalue weighted by Gasteiger charge is -2.34. The molecule has 1 N–H and O–H groups in total. The zero-order valence-electron chi connectivity index (χ0n) is 10.9. The van der Waals surface area contributed by atoms with Gasteiger partial charge in [-0.25, -0.2) is 0 Å². The van der Waals surface area contributed by atoms with Crippen LogP contribution in [0.1, 0.15) is 17.3 Å². The lowest BCUT2D eigenvalue weighted by atomic mass is 10.1. The van der Waals surface area contributed by atoms with Crippen LogP contribution in [0.3, 0.4) is 0 Å². The molecule has 1 atom stereocenters. The first kappa shape index (κ1) is 15.2. The second-order valence-corrected chi connectivity index (χ2v) is 5.76. The summed E-state index contributed by atoms with van der Waals surface area (Å²) in [6.45, 7) is 4.02. The van der Waals surface area contributed by atoms with Gasteiger partial charge in [-0.15, -0.1) is 0 Å². The highest BCUT2D eigenvalue weighted by Gasteiger charge is 2.29. The van der Waals surface area contributed by atoms with Crippen LogP contribution in [0.25, 0.3) is 0 Å². The minimum atomic E-state index is -4.31. The number of nitrogens with one attached hydrogen (secondary N) is 1. The van der Waals surface area contributed by atoms with E-state index in [1.165, 1.54) is 24.3 Å². The Bertz CT molecular complexity index is 475. The first-order valence-corrected chi connectivity index (χ1v) is 7.06. The number of thioether (sulfide) groups is 1. The Morgan fingerprint density at radius 1 is 1.35 bits per heavy atom. The Morgan fingerprint density at radius 3 is 2.55 bits per heavy atom. The molecule has 1 aliphatic heterocycles. The van der Waals surface area contributed by atoms with Gasteiger partial charge in [-0.3, -0.25) is 4.79 Å². The molecule has 0 radical (unpaired) electrons. The summed E-state index contributed by atoms with van der Waals surface area (Å²) in [6.07, 6.45) is 0. The molecule has 1 aromatic carbocycles. The number of hydrogen-bond donors (Lipinski definition) is 1. The van der Waals surface area contributed by atoms with E-state index in [9.17, 15) is 18.0 Å². The molecule has 0 bridgehead atoms. The van der Waals surface area contributed by atoms with Crippen LogP contribution in [-0.4, -0.2) is 42.0 Å². The number of amides is 1. The molecule has 0 spiro atoms. The standard InChI is InChI=1S/C13H15F3N2OS/c1-9-8-17-6-7-18(9)12(19)10-2-4-11(5-3-10)20-13(14,15)16/h2-5,9,17H,6-8H2,1H3. The number of rotatable bonds is 2. The number of alkyl halides is 3. The highest BCUT2D eigenvalue weighted by atomic mass is 32.2. The summed E-state index contributed by atoms with van der Waals surface area (Å²) >= 11 is -0.178. The highest BCUT2D eigenvalue weighted by molar-refractivity contribution is 8.00. The molecule has 1 amide bonds. The number of halogens is 3. The minimum Gasteiger partial charge on any atom is -0.333 e. The van der Waals surface area contributed by atoms with E-state index in [2.05, 4.69) is 5.32 Å². The van der Waals surface area contributed by atoms with Crippen molar-refractivity contribution in [2.75, 3.05) is 19.6 Å². The Kier molecular flexibility index (Phi) is 4.59. The number of hydrogen-bond acceptors (Lipinski definition) is 3. The van der Waals surface area contributed by atoms with E-state index in [4.69, 9.17) is 0 Å². The summed E-state index contributed by atoms with van der Waals surface area (Å²) in [4.78, 5) is 14.1. The second kappa shape index (κ2) is 6.05. The third-order valence-corrected chi connectivity index (χ3v) is 3.84. The van der Waals surface area contributed by atoms with E-state index in [-0.39, 0.29) is 28.6 Å². The Morgan fingerprint density at radius 2 is 2.00 bits per heavy atom. The monoisotopic (exact) mass is 304 g/mol. The third kappa shape index (κ3) is 3.89. The molecule has 1 unspecified atom stereocenters. The lowest BCUT2D eigenvalue weighted by molar-refractivity contribution is -0.0328. The zero-order valence-corrected chi connectivity index (χ0v) is 11.7. The first-order chi connectivity index (χ1) is 9.37. The summed E-state index contributed by atoms with van der Waals surface area (Å²) in [6, 6.07) is 5.65. The van der Waals surface area contributed by atoms with Gasteiger partial charge in [0, 0.05) is 36.1 Å². The van der Waals surface area contributed by atoms with Gasteiger partial charge in [0.05, 0.1) is 0 Å². The van der Waals surface area contributed by atoms with Crippen molar-refractivity contribution in [3.8, 4) is 0 Å². The van der Waals surface area contributed by atoms with Crippen LogP contribution in [0, 0.1) is 0 Å². The van der Waals surface area contributed by atoms with Crippen molar-refractivity contribution in [1.29, 1.82) is 0 Å². The predicted octanol–water partition coefficient (Wildman–Crippen LogP) is 2.73. The minimum absolute atomic E-state index is 0.0838. The molecule has 0 aliphatic carbocycles. The van der Waals surface area contributed by atoms with Crippen LogP contribution < -0.4 is 5.32 Å². The molecule has 1 aliphatic rings. The summed E-state index contributed by atoms with van der Waals surface area (Å²) in [5.74, 6) is -0.137. The molecule has 20 heavy (non-hydrogen) atoms. The third-order valence-electron chi connectivity index (χ3n) is 3.10. The van der Waals surface area contributed by atoms with E-state index in [0.717, 1.165) is 13.1 Å². The summed E-state index contributed by atoms with van der Waals surface area (Å²) in [7, 11) is 0. The maximum Gasteiger partial charge on any atom is 0.446 e. The van der Waals surface area contributed by atoms with Crippen LogP contribution in [0.2, 0.25) is 0 Å². The van der Waals surface area contributed by atoms with E-state index in [1.807, 2.05) is 6.92 Å². The molecule has 110 valence electrons. The molecule has 1 aromatic rings. The van der Waals surface area contributed by atoms with Crippen molar-refractivity contribution in [2.24, 2.45) is 0 Å². The number of benzene rings is 1. The van der Waals surface area contributed by atoms with E-state index in [0.29, 0.717) is 12.1 Å². The fourth-order valence-electron chi connectivity index (χ4n) is 2.11. The molecule has 7 heteroatoms. The van der Waals surface area contributed by atoms with Gasteiger partial charge in [-0.05, 0) is 43.0 Å². The zero-order chi connectivity index (χ0) is 14.8. The maximum atomic E-state index is 12.3. The maximum absolute atomic E-state index is 12.3. The van der Waals surface area contributed by atoms with E-state index in [1.54, 1.807) is 4.90 Å². The van der Waals surface area contributed by atoms with Crippen molar-refractivity contribution in [3.63, 3.8) is 0 Å². The van der Waals surface area contributed by atoms with Crippen molar-refractivity contribution in [3.05, 3.63) is 29.8 Å². The van der Waals surface area contributed by atoms with Crippen LogP contribution in [-0.2, 0) is 0 Å². The average molecular weight is 304 g/mol. The topological polar surface area (TPSA) is 32.3 Å². The summed E-state index contributed by atoms with van der Waals surface area (Å²) in [5.41, 5.74) is -3.89. The lowest BCUT2D eigenvalue weighted by Crippen LogP contribution is -2.52. The molecular weight excluding hydrogens is 289 g/mol. The molecule has 1 fully saturated rings. The molecule has 0 saturated carbocycles. The van der Waals surface area contributed by atoms with Gasteiger partial charge in [0.15, 0.2) is 0 Å². The van der Waals surface area contributed by atoms with Crippen LogP contribution in [0.5, 0.6) is 0 Å². The van der Waals surface area contributed by atoms with Crippen LogP contribution in [0.4, 0.5) is 13.2 Å². The largest absolute Gasteiger partial charge is 0.446 e. The van der Waals surface area contributed by atoms with Gasteiger partial charge in [-0.2, -0.15) is 13.2 Å². The Hall–Kier alpha value is -1.21. The predicted molar refractivity (Wildman–Crippen MR) is 71.7 cm³/mol. The molecular formula is C13H15F3N2OS. The van der Waals surface area contributed by atoms with Gasteiger partial charge >= 0.3 is 5.51 Å². The normalized spacial score (nSPS) is 20.0. The number of carbonyl (C=O) groups excluding carboxylic acids is 1. The molecule has 0 aromatic heterocycles. The number of nitrogens with zero attached hydrogens (tertiary/aromatic N) is 1. The Balaban J connectivity index is 2.07. The van der Waals surface area contributed by atoms with Gasteiger partial charge < -0.3 is 10.2 Å².